The van der Waals surface area contributed by atoms with Gasteiger partial charge in [-0.1, -0.05) is 0 Å². The molecule has 0 unspecified atom stereocenters. The summed E-state index contributed by atoms with van der Waals surface area (Å²) in [6.45, 7) is 0.655. The van der Waals surface area contributed by atoms with E-state index in [0.29, 0.717) is 13.0 Å². The van der Waals surface area contributed by atoms with Crippen LogP contribution in [0.15, 0.2) is 12.3 Å². The third kappa shape index (κ3) is 1.58. The Balaban J connectivity index is 2.59. The normalized spacial score (nSPS) is 18.2. The van der Waals surface area contributed by atoms with Gasteiger partial charge in [0, 0.05) is 13.0 Å². The molecule has 1 aliphatic heterocycles. The number of rotatable bonds is 1. The van der Waals surface area contributed by atoms with Crippen molar-refractivity contribution < 1.29 is 4.79 Å². The molecule has 0 aromatic heterocycles. The Morgan fingerprint density at radius 1 is 1.73 bits per heavy atom. The van der Waals surface area contributed by atoms with Crippen LogP contribution in [0.5, 0.6) is 0 Å². The predicted octanol–water partition coefficient (Wildman–Crippen LogP) is 0.0585. The van der Waals surface area contributed by atoms with E-state index in [1.165, 1.54) is 17.2 Å². The van der Waals surface area contributed by atoms with Crippen molar-refractivity contribution in [3.8, 4) is 0 Å². The Morgan fingerprint density at radius 2 is 2.45 bits per heavy atom. The van der Waals surface area contributed by atoms with E-state index in [0.717, 1.165) is 6.42 Å². The minimum absolute atomic E-state index is 0.0214. The average Bonchev–Trinajstić information content (AvgIpc) is 2.36. The smallest absolute Gasteiger partial charge is 0.228 e. The first-order valence-electron chi connectivity index (χ1n) is 3.53. The first-order chi connectivity index (χ1) is 5.25. The van der Waals surface area contributed by atoms with E-state index >= 15 is 0 Å². The van der Waals surface area contributed by atoms with Gasteiger partial charge in [0.1, 0.15) is 5.84 Å². The zero-order valence-corrected chi connectivity index (χ0v) is 6.21. The van der Waals surface area contributed by atoms with Crippen molar-refractivity contribution >= 4 is 11.7 Å². The van der Waals surface area contributed by atoms with Crippen LogP contribution in [0.3, 0.4) is 0 Å². The summed E-state index contributed by atoms with van der Waals surface area (Å²) in [7, 11) is 0. The monoisotopic (exact) mass is 153 g/mol. The van der Waals surface area contributed by atoms with Crippen molar-refractivity contribution in [1.82, 2.24) is 4.90 Å². The van der Waals surface area contributed by atoms with Crippen molar-refractivity contribution in [2.45, 2.75) is 12.8 Å². The Hall–Kier alpha value is -1.32. The number of hydrogen-bond acceptors (Lipinski definition) is 3. The van der Waals surface area contributed by atoms with Crippen molar-refractivity contribution in [1.29, 1.82) is 5.41 Å². The number of amidine groups is 1. The molecule has 1 aliphatic rings. The number of hydrogen-bond donors (Lipinski definition) is 2. The van der Waals surface area contributed by atoms with Crippen LogP contribution >= 0.6 is 0 Å². The molecule has 4 heteroatoms. The number of carbonyl (C=O) groups excluding carboxylic acids is 1. The maximum absolute atomic E-state index is 11.0. The summed E-state index contributed by atoms with van der Waals surface area (Å²) in [5.74, 6) is 0.211. The molecule has 3 N–H and O–H groups in total. The Morgan fingerprint density at radius 3 is 2.91 bits per heavy atom. The SMILES string of the molecule is N=C(/C=C\N)N1CCCC1=O. The van der Waals surface area contributed by atoms with E-state index in [1.807, 2.05) is 0 Å². The number of amides is 1. The second-order valence-electron chi connectivity index (χ2n) is 2.39. The summed E-state index contributed by atoms with van der Waals surface area (Å²) in [5.41, 5.74) is 5.08. The summed E-state index contributed by atoms with van der Waals surface area (Å²) >= 11 is 0. The van der Waals surface area contributed by atoms with Crippen molar-refractivity contribution in [2.24, 2.45) is 5.73 Å². The molecular weight excluding hydrogens is 142 g/mol. The molecule has 0 radical (unpaired) electrons. The van der Waals surface area contributed by atoms with Crippen LogP contribution in [0.4, 0.5) is 0 Å². The van der Waals surface area contributed by atoms with Gasteiger partial charge in [-0.3, -0.25) is 15.1 Å². The third-order valence-electron chi connectivity index (χ3n) is 1.62. The van der Waals surface area contributed by atoms with Crippen molar-refractivity contribution in [3.05, 3.63) is 12.3 Å². The first kappa shape index (κ1) is 7.78. The van der Waals surface area contributed by atoms with Gasteiger partial charge in [0.2, 0.25) is 5.91 Å². The lowest BCUT2D eigenvalue weighted by Crippen LogP contribution is -2.29. The zero-order valence-electron chi connectivity index (χ0n) is 6.21. The molecule has 11 heavy (non-hydrogen) atoms. The van der Waals surface area contributed by atoms with Gasteiger partial charge < -0.3 is 5.73 Å². The average molecular weight is 153 g/mol. The Labute approximate surface area is 65.2 Å². The maximum Gasteiger partial charge on any atom is 0.228 e. The second kappa shape index (κ2) is 3.18. The molecular formula is C7H11N3O. The van der Waals surface area contributed by atoms with Gasteiger partial charge in [0.15, 0.2) is 0 Å². The van der Waals surface area contributed by atoms with Gasteiger partial charge in [-0.2, -0.15) is 0 Å². The molecule has 1 amide bonds. The maximum atomic E-state index is 11.0. The highest BCUT2D eigenvalue weighted by atomic mass is 16.2. The number of carbonyl (C=O) groups is 1. The van der Waals surface area contributed by atoms with Crippen LogP contribution in [0.25, 0.3) is 0 Å². The standard InChI is InChI=1S/C7H11N3O/c8-4-3-6(9)10-5-1-2-7(10)11/h3-4,9H,1-2,5,8H2/b4-3-,9-6?. The van der Waals surface area contributed by atoms with E-state index in [1.54, 1.807) is 0 Å². The van der Waals surface area contributed by atoms with Gasteiger partial charge in [-0.15, -0.1) is 0 Å². The first-order valence-corrected chi connectivity index (χ1v) is 3.53. The Bertz CT molecular complexity index is 210. The topological polar surface area (TPSA) is 70.2 Å². The molecule has 60 valence electrons. The highest BCUT2D eigenvalue weighted by Gasteiger charge is 2.21. The molecule has 0 saturated carbocycles. The highest BCUT2D eigenvalue weighted by molar-refractivity contribution is 6.03. The van der Waals surface area contributed by atoms with Crippen LogP contribution in [0, 0.1) is 5.41 Å². The fraction of sp³-hybridized carbons (Fsp3) is 0.429. The fourth-order valence-electron chi connectivity index (χ4n) is 1.08. The van der Waals surface area contributed by atoms with Gasteiger partial charge in [0.25, 0.3) is 0 Å². The molecule has 1 rings (SSSR count). The molecule has 1 fully saturated rings. The van der Waals surface area contributed by atoms with Crippen LogP contribution in [0.2, 0.25) is 0 Å². The van der Waals surface area contributed by atoms with Gasteiger partial charge in [0.05, 0.1) is 0 Å². The number of nitrogens with one attached hydrogen (secondary N) is 1. The Kier molecular flexibility index (Phi) is 2.25. The second-order valence-corrected chi connectivity index (χ2v) is 2.39. The lowest BCUT2D eigenvalue weighted by atomic mass is 10.4. The molecule has 0 aliphatic carbocycles. The van der Waals surface area contributed by atoms with E-state index in [-0.39, 0.29) is 11.7 Å². The third-order valence-corrected chi connectivity index (χ3v) is 1.62. The van der Waals surface area contributed by atoms with Gasteiger partial charge in [-0.25, -0.2) is 0 Å². The fourth-order valence-corrected chi connectivity index (χ4v) is 1.08. The predicted molar refractivity (Wildman–Crippen MR) is 42.0 cm³/mol. The van der Waals surface area contributed by atoms with Crippen LogP contribution in [-0.4, -0.2) is 23.2 Å². The number of nitrogens with zero attached hydrogens (tertiary/aromatic N) is 1. The molecule has 0 atom stereocenters. The highest BCUT2D eigenvalue weighted by Crippen LogP contribution is 2.09. The van der Waals surface area contributed by atoms with Crippen molar-refractivity contribution in [2.75, 3.05) is 6.54 Å². The lowest BCUT2D eigenvalue weighted by molar-refractivity contribution is -0.124. The van der Waals surface area contributed by atoms with E-state index in [4.69, 9.17) is 11.1 Å². The van der Waals surface area contributed by atoms with E-state index in [9.17, 15) is 4.79 Å². The molecule has 4 nitrogen and oxygen atoms in total. The summed E-state index contributed by atoms with van der Waals surface area (Å²) in [5, 5.41) is 7.35. The van der Waals surface area contributed by atoms with Crippen molar-refractivity contribution in [3.63, 3.8) is 0 Å². The molecule has 1 saturated heterocycles. The summed E-state index contributed by atoms with van der Waals surface area (Å²) < 4.78 is 0. The van der Waals surface area contributed by atoms with Gasteiger partial charge in [-0.05, 0) is 18.7 Å². The summed E-state index contributed by atoms with van der Waals surface area (Å²) in [6.07, 6.45) is 4.09. The van der Waals surface area contributed by atoms with Gasteiger partial charge >= 0.3 is 0 Å². The largest absolute Gasteiger partial charge is 0.404 e. The minimum atomic E-state index is 0.0214. The molecule has 1 heterocycles. The van der Waals surface area contributed by atoms with E-state index in [2.05, 4.69) is 0 Å². The summed E-state index contributed by atoms with van der Waals surface area (Å²) in [4.78, 5) is 12.4. The lowest BCUT2D eigenvalue weighted by Gasteiger charge is -2.12. The molecule has 0 bridgehead atoms. The van der Waals surface area contributed by atoms with E-state index < -0.39 is 0 Å². The van der Waals surface area contributed by atoms with Crippen LogP contribution < -0.4 is 5.73 Å². The quantitative estimate of drug-likeness (QED) is 0.413. The zero-order chi connectivity index (χ0) is 8.27. The van der Waals surface area contributed by atoms with Crippen LogP contribution in [-0.2, 0) is 4.79 Å². The van der Waals surface area contributed by atoms with Crippen LogP contribution in [0.1, 0.15) is 12.8 Å². The summed E-state index contributed by atoms with van der Waals surface area (Å²) in [6, 6.07) is 0. The number of nitrogens with two attached hydrogens (primary N) is 1. The molecule has 0 spiro atoms. The molecule has 0 aromatic carbocycles. The number of likely N-dealkylation sites (tertiary alicyclic amines) is 1. The minimum Gasteiger partial charge on any atom is -0.404 e. The molecule has 0 aromatic rings.